The molecule has 0 saturated heterocycles. The Labute approximate surface area is 187 Å². The fourth-order valence-corrected chi connectivity index (χ4v) is 4.22. The molecule has 2 aliphatic heterocycles. The van der Waals surface area contributed by atoms with Gasteiger partial charge in [0, 0.05) is 5.22 Å². The van der Waals surface area contributed by atoms with Crippen LogP contribution in [0.25, 0.3) is 28.0 Å². The van der Waals surface area contributed by atoms with Gasteiger partial charge in [0.05, 0.1) is 27.4 Å². The van der Waals surface area contributed by atoms with E-state index in [-0.39, 0.29) is 0 Å². The fraction of sp³-hybridized carbons (Fsp3) is 0. The van der Waals surface area contributed by atoms with Crippen molar-refractivity contribution < 1.29 is 0 Å². The largest absolute Gasteiger partial charge is 0.335 e. The van der Waals surface area contributed by atoms with E-state index in [9.17, 15) is 0 Å². The molecule has 0 spiro atoms. The summed E-state index contributed by atoms with van der Waals surface area (Å²) in [5.41, 5.74) is 4.92. The van der Waals surface area contributed by atoms with Gasteiger partial charge in [-0.2, -0.15) is 0 Å². The SMILES string of the molecule is c1ccc(-c2ccc3nc(C4=Nc5cccc(=C6N=c7ccccc7=N6)c5=N4)[nH]c3c2)cc1. The molecular formula is C27H16N6. The van der Waals surface area contributed by atoms with E-state index in [1.807, 2.05) is 66.7 Å². The van der Waals surface area contributed by atoms with Crippen LogP contribution in [0.2, 0.25) is 0 Å². The normalized spacial score (nSPS) is 13.7. The van der Waals surface area contributed by atoms with E-state index in [1.54, 1.807) is 0 Å². The Hall–Kier alpha value is -4.71. The third kappa shape index (κ3) is 2.92. The molecule has 0 atom stereocenters. The lowest BCUT2D eigenvalue weighted by Gasteiger charge is -2.00. The van der Waals surface area contributed by atoms with Gasteiger partial charge in [0.15, 0.2) is 17.5 Å². The van der Waals surface area contributed by atoms with Crippen LogP contribution in [0, 0.1) is 0 Å². The van der Waals surface area contributed by atoms with E-state index in [0.717, 1.165) is 49.1 Å². The number of hydrogen-bond donors (Lipinski definition) is 1. The standard InChI is InChI=1S/C27H16N6/c1-2-7-16(8-3-1)17-13-14-21-23(15-17)32-26(30-21)27-31-22-12-6-9-18(24(22)33-27)25-28-19-10-4-5-11-20(19)29-25/h1-15H,(H,30,32). The van der Waals surface area contributed by atoms with Crippen molar-refractivity contribution in [2.75, 3.05) is 0 Å². The highest BCUT2D eigenvalue weighted by Crippen LogP contribution is 2.24. The molecular weight excluding hydrogens is 408 g/mol. The van der Waals surface area contributed by atoms with Crippen LogP contribution in [0.15, 0.2) is 111 Å². The van der Waals surface area contributed by atoms with Crippen molar-refractivity contribution in [1.82, 2.24) is 9.97 Å². The number of H-pyrrole nitrogens is 1. The average molecular weight is 424 g/mol. The minimum atomic E-state index is 0.561. The summed E-state index contributed by atoms with van der Waals surface area (Å²) in [6.07, 6.45) is 0. The number of nitrogens with zero attached hydrogens (tertiary/aromatic N) is 5. The summed E-state index contributed by atoms with van der Waals surface area (Å²) in [5.74, 6) is 1.86. The van der Waals surface area contributed by atoms with Gasteiger partial charge >= 0.3 is 0 Å². The molecule has 0 saturated carbocycles. The van der Waals surface area contributed by atoms with Crippen LogP contribution in [0.5, 0.6) is 0 Å². The quantitative estimate of drug-likeness (QED) is 0.465. The summed E-state index contributed by atoms with van der Waals surface area (Å²) in [6, 6.07) is 30.3. The van der Waals surface area contributed by atoms with E-state index in [2.05, 4.69) is 39.2 Å². The topological polar surface area (TPSA) is 78.1 Å². The van der Waals surface area contributed by atoms with Crippen molar-refractivity contribution in [1.29, 1.82) is 0 Å². The number of rotatable bonds is 2. The lowest BCUT2D eigenvalue weighted by molar-refractivity contribution is 1.25. The number of imidazole rings is 1. The zero-order valence-corrected chi connectivity index (χ0v) is 17.4. The molecule has 0 unspecified atom stereocenters. The lowest BCUT2D eigenvalue weighted by Crippen LogP contribution is -2.26. The van der Waals surface area contributed by atoms with Crippen molar-refractivity contribution in [2.24, 2.45) is 20.0 Å². The smallest absolute Gasteiger partial charge is 0.197 e. The van der Waals surface area contributed by atoms with Crippen LogP contribution in [0.3, 0.4) is 0 Å². The first kappa shape index (κ1) is 17.9. The average Bonchev–Trinajstić information content (AvgIpc) is 3.59. The summed E-state index contributed by atoms with van der Waals surface area (Å²) in [5, 5.41) is 3.38. The van der Waals surface area contributed by atoms with Gasteiger partial charge in [-0.25, -0.2) is 25.0 Å². The van der Waals surface area contributed by atoms with E-state index >= 15 is 0 Å². The number of benzene rings is 4. The Balaban J connectivity index is 1.34. The van der Waals surface area contributed by atoms with Gasteiger partial charge in [0.2, 0.25) is 0 Å². The number of para-hydroxylation sites is 3. The van der Waals surface area contributed by atoms with Crippen LogP contribution in [0.1, 0.15) is 5.82 Å². The van der Waals surface area contributed by atoms with E-state index in [1.165, 1.54) is 0 Å². The van der Waals surface area contributed by atoms with Crippen molar-refractivity contribution in [3.8, 4) is 11.1 Å². The Morgan fingerprint density at radius 3 is 2.21 bits per heavy atom. The molecule has 4 aromatic carbocycles. The minimum Gasteiger partial charge on any atom is -0.335 e. The number of aliphatic imine (C=N–C) groups is 1. The molecule has 33 heavy (non-hydrogen) atoms. The molecule has 0 bridgehead atoms. The number of aromatic nitrogens is 2. The summed E-state index contributed by atoms with van der Waals surface area (Å²) in [6.45, 7) is 0. The Morgan fingerprint density at radius 1 is 0.606 bits per heavy atom. The van der Waals surface area contributed by atoms with Crippen LogP contribution in [-0.2, 0) is 0 Å². The highest BCUT2D eigenvalue weighted by atomic mass is 15.1. The monoisotopic (exact) mass is 424 g/mol. The maximum absolute atomic E-state index is 4.82. The van der Waals surface area contributed by atoms with Gasteiger partial charge in [-0.3, -0.25) is 0 Å². The molecule has 7 rings (SSSR count). The second kappa shape index (κ2) is 6.90. The second-order valence-corrected chi connectivity index (χ2v) is 7.94. The van der Waals surface area contributed by atoms with Gasteiger partial charge in [-0.05, 0) is 47.5 Å². The molecule has 6 heteroatoms. The molecule has 0 fully saturated rings. The van der Waals surface area contributed by atoms with Crippen LogP contribution < -0.4 is 21.3 Å². The molecule has 5 aromatic rings. The van der Waals surface area contributed by atoms with Crippen molar-refractivity contribution in [3.63, 3.8) is 0 Å². The maximum Gasteiger partial charge on any atom is 0.197 e. The van der Waals surface area contributed by atoms with Gasteiger partial charge in [0.1, 0.15) is 5.36 Å². The molecule has 154 valence electrons. The number of nitrogens with one attached hydrogen (secondary N) is 1. The lowest BCUT2D eigenvalue weighted by atomic mass is 10.1. The van der Waals surface area contributed by atoms with E-state index in [4.69, 9.17) is 15.0 Å². The van der Waals surface area contributed by atoms with E-state index in [0.29, 0.717) is 17.5 Å². The highest BCUT2D eigenvalue weighted by Gasteiger charge is 2.17. The number of fused-ring (bicyclic) bond motifs is 3. The summed E-state index contributed by atoms with van der Waals surface area (Å²) < 4.78 is 0. The summed E-state index contributed by atoms with van der Waals surface area (Å²) in [4.78, 5) is 27.1. The van der Waals surface area contributed by atoms with Crippen LogP contribution >= 0.6 is 0 Å². The first-order chi connectivity index (χ1) is 16.3. The summed E-state index contributed by atoms with van der Waals surface area (Å²) in [7, 11) is 0. The van der Waals surface area contributed by atoms with Crippen LogP contribution in [-0.4, -0.2) is 15.8 Å². The van der Waals surface area contributed by atoms with E-state index < -0.39 is 0 Å². The zero-order valence-electron chi connectivity index (χ0n) is 17.4. The minimum absolute atomic E-state index is 0.561. The first-order valence-electron chi connectivity index (χ1n) is 10.7. The summed E-state index contributed by atoms with van der Waals surface area (Å²) >= 11 is 0. The number of aromatic amines is 1. The molecule has 0 radical (unpaired) electrons. The molecule has 0 amide bonds. The van der Waals surface area contributed by atoms with Gasteiger partial charge in [-0.15, -0.1) is 0 Å². The highest BCUT2D eigenvalue weighted by molar-refractivity contribution is 6.02. The molecule has 1 aromatic heterocycles. The molecule has 0 aliphatic carbocycles. The Kier molecular flexibility index (Phi) is 3.75. The fourth-order valence-electron chi connectivity index (χ4n) is 4.22. The second-order valence-electron chi connectivity index (χ2n) is 7.94. The van der Waals surface area contributed by atoms with Crippen molar-refractivity contribution in [3.05, 3.63) is 118 Å². The van der Waals surface area contributed by atoms with Gasteiger partial charge in [-0.1, -0.05) is 54.6 Å². The Morgan fingerprint density at radius 2 is 1.39 bits per heavy atom. The molecule has 3 heterocycles. The third-order valence-corrected chi connectivity index (χ3v) is 5.83. The van der Waals surface area contributed by atoms with Crippen molar-refractivity contribution >= 4 is 28.4 Å². The van der Waals surface area contributed by atoms with Crippen molar-refractivity contribution in [2.45, 2.75) is 0 Å². The van der Waals surface area contributed by atoms with Gasteiger partial charge in [0.25, 0.3) is 0 Å². The molecule has 2 aliphatic rings. The molecule has 6 nitrogen and oxygen atoms in total. The number of amidine groups is 1. The maximum atomic E-state index is 4.82. The molecule has 1 N–H and O–H groups in total. The third-order valence-electron chi connectivity index (χ3n) is 5.83. The predicted octanol–water partition coefficient (Wildman–Crippen LogP) is 2.96. The van der Waals surface area contributed by atoms with Gasteiger partial charge < -0.3 is 4.98 Å². The predicted molar refractivity (Wildman–Crippen MR) is 127 cm³/mol. The number of hydrogen-bond acceptors (Lipinski definition) is 5. The van der Waals surface area contributed by atoms with Crippen LogP contribution in [0.4, 0.5) is 5.69 Å². The Bertz CT molecular complexity index is 1830. The zero-order chi connectivity index (χ0) is 21.8. The first-order valence-corrected chi connectivity index (χ1v) is 10.7.